The van der Waals surface area contributed by atoms with Crippen molar-refractivity contribution in [2.75, 3.05) is 7.11 Å². The van der Waals surface area contributed by atoms with E-state index in [-0.39, 0.29) is 6.61 Å². The van der Waals surface area contributed by atoms with E-state index in [0.717, 1.165) is 11.1 Å². The highest BCUT2D eigenvalue weighted by molar-refractivity contribution is 5.79. The van der Waals surface area contributed by atoms with E-state index < -0.39 is 23.5 Å². The average molecular weight is 367 g/mol. The van der Waals surface area contributed by atoms with Crippen LogP contribution >= 0.6 is 0 Å². The summed E-state index contributed by atoms with van der Waals surface area (Å²) >= 11 is 0. The van der Waals surface area contributed by atoms with Gasteiger partial charge >= 0.3 is 12.1 Å². The van der Waals surface area contributed by atoms with Crippen LogP contribution in [0.2, 0.25) is 0 Å². The van der Waals surface area contributed by atoms with Crippen molar-refractivity contribution in [1.29, 1.82) is 0 Å². The minimum absolute atomic E-state index is 0.153. The average Bonchev–Trinajstić information content (AvgIpc) is 2.70. The number of amides is 1. The molecular weight excluding hydrogens is 342 g/mol. The van der Waals surface area contributed by atoms with Gasteiger partial charge in [-0.2, -0.15) is 0 Å². The first-order chi connectivity index (χ1) is 12.9. The first-order valence-electron chi connectivity index (χ1n) is 8.72. The molecule has 1 amide bonds. The number of rotatable bonds is 7. The maximum atomic E-state index is 12.3. The van der Waals surface area contributed by atoms with Gasteiger partial charge in [0, 0.05) is 0 Å². The number of alkyl carbamates (subject to hydrolysis) is 1. The van der Waals surface area contributed by atoms with Gasteiger partial charge < -0.3 is 14.8 Å². The number of carbonyl (C=O) groups is 2. The fraction of sp³-hybridized carbons (Fsp3) is 0.273. The van der Waals surface area contributed by atoms with Crippen molar-refractivity contribution in [2.45, 2.75) is 26.5 Å². The summed E-state index contributed by atoms with van der Waals surface area (Å²) < 4.78 is 10.2. The molecule has 0 aliphatic carbocycles. The lowest BCUT2D eigenvalue weighted by molar-refractivity contribution is -0.151. The Labute approximate surface area is 160 Å². The highest BCUT2D eigenvalue weighted by Crippen LogP contribution is 2.24. The molecule has 0 spiro atoms. The van der Waals surface area contributed by atoms with E-state index in [1.807, 2.05) is 66.7 Å². The normalized spacial score (nSPS) is 12.4. The van der Waals surface area contributed by atoms with Gasteiger partial charge in [0.15, 0.2) is 0 Å². The molecule has 1 atom stereocenters. The second-order valence-electron chi connectivity index (χ2n) is 6.67. The van der Waals surface area contributed by atoms with Crippen LogP contribution in [0.1, 0.15) is 25.0 Å². The standard InChI is InChI=1S/C22H25NO4/c1-22(2,20(24)26-3)19(15-14-17-10-6-4-7-11-17)23-21(25)27-16-18-12-8-5-9-13-18/h4-15,19H,16H2,1-3H3,(H,23,25)/b15-14+. The lowest BCUT2D eigenvalue weighted by Gasteiger charge is -2.30. The molecule has 0 heterocycles. The Morgan fingerprint density at radius 2 is 1.63 bits per heavy atom. The number of hydrogen-bond donors (Lipinski definition) is 1. The monoisotopic (exact) mass is 367 g/mol. The highest BCUT2D eigenvalue weighted by atomic mass is 16.5. The number of hydrogen-bond acceptors (Lipinski definition) is 4. The summed E-state index contributed by atoms with van der Waals surface area (Å²) in [6.45, 7) is 3.59. The number of esters is 1. The second-order valence-corrected chi connectivity index (χ2v) is 6.67. The lowest BCUT2D eigenvalue weighted by Crippen LogP contribution is -2.48. The molecule has 2 aromatic carbocycles. The van der Waals surface area contributed by atoms with Crippen LogP contribution in [0.3, 0.4) is 0 Å². The minimum atomic E-state index is -0.966. The molecule has 0 bridgehead atoms. The third-order valence-corrected chi connectivity index (χ3v) is 4.26. The molecule has 0 saturated carbocycles. The Balaban J connectivity index is 2.10. The minimum Gasteiger partial charge on any atom is -0.469 e. The van der Waals surface area contributed by atoms with Gasteiger partial charge in [-0.25, -0.2) is 4.79 Å². The van der Waals surface area contributed by atoms with Gasteiger partial charge in [0.2, 0.25) is 0 Å². The largest absolute Gasteiger partial charge is 0.469 e. The van der Waals surface area contributed by atoms with Gasteiger partial charge in [0.1, 0.15) is 6.61 Å². The van der Waals surface area contributed by atoms with E-state index >= 15 is 0 Å². The molecule has 2 aromatic rings. The number of carbonyl (C=O) groups excluding carboxylic acids is 2. The van der Waals surface area contributed by atoms with Gasteiger partial charge in [0.25, 0.3) is 0 Å². The molecule has 1 unspecified atom stereocenters. The van der Waals surface area contributed by atoms with Crippen LogP contribution in [-0.2, 0) is 20.9 Å². The van der Waals surface area contributed by atoms with E-state index in [4.69, 9.17) is 9.47 Å². The predicted octanol–water partition coefficient (Wildman–Crippen LogP) is 4.19. The molecule has 0 saturated heterocycles. The van der Waals surface area contributed by atoms with Crippen LogP contribution in [0.25, 0.3) is 6.08 Å². The summed E-state index contributed by atoms with van der Waals surface area (Å²) in [5.41, 5.74) is 0.880. The van der Waals surface area contributed by atoms with Crippen LogP contribution in [0.4, 0.5) is 4.79 Å². The Morgan fingerprint density at radius 3 is 2.22 bits per heavy atom. The third kappa shape index (κ3) is 5.99. The molecule has 0 aliphatic heterocycles. The fourth-order valence-corrected chi connectivity index (χ4v) is 2.52. The quantitative estimate of drug-likeness (QED) is 0.745. The van der Waals surface area contributed by atoms with Gasteiger partial charge in [-0.15, -0.1) is 0 Å². The molecule has 5 heteroatoms. The van der Waals surface area contributed by atoms with Gasteiger partial charge in [0.05, 0.1) is 18.6 Å². The van der Waals surface area contributed by atoms with Crippen molar-refractivity contribution in [3.8, 4) is 0 Å². The maximum absolute atomic E-state index is 12.3. The number of benzene rings is 2. The van der Waals surface area contributed by atoms with Crippen molar-refractivity contribution in [3.63, 3.8) is 0 Å². The molecule has 2 rings (SSSR count). The Hall–Kier alpha value is -3.08. The fourth-order valence-electron chi connectivity index (χ4n) is 2.52. The molecule has 0 aliphatic rings. The van der Waals surface area contributed by atoms with E-state index in [1.165, 1.54) is 7.11 Å². The summed E-state index contributed by atoms with van der Waals surface area (Å²) in [4.78, 5) is 24.5. The molecule has 142 valence electrons. The Bertz CT molecular complexity index is 769. The number of ether oxygens (including phenoxy) is 2. The molecule has 27 heavy (non-hydrogen) atoms. The Morgan fingerprint density at radius 1 is 1.04 bits per heavy atom. The van der Waals surface area contributed by atoms with Crippen LogP contribution in [0, 0.1) is 5.41 Å². The van der Waals surface area contributed by atoms with E-state index in [0.29, 0.717) is 0 Å². The molecular formula is C22H25NO4. The molecule has 0 radical (unpaired) electrons. The summed E-state index contributed by atoms with van der Waals surface area (Å²) in [7, 11) is 1.33. The van der Waals surface area contributed by atoms with Crippen molar-refractivity contribution in [2.24, 2.45) is 5.41 Å². The van der Waals surface area contributed by atoms with Crippen molar-refractivity contribution >= 4 is 18.1 Å². The summed E-state index contributed by atoms with van der Waals surface area (Å²) in [6, 6.07) is 18.4. The van der Waals surface area contributed by atoms with Gasteiger partial charge in [-0.05, 0) is 25.0 Å². The van der Waals surface area contributed by atoms with E-state index in [9.17, 15) is 9.59 Å². The summed E-state index contributed by atoms with van der Waals surface area (Å²) in [5, 5.41) is 2.76. The van der Waals surface area contributed by atoms with Crippen LogP contribution in [-0.4, -0.2) is 25.2 Å². The molecule has 5 nitrogen and oxygen atoms in total. The lowest BCUT2D eigenvalue weighted by atomic mass is 9.84. The van der Waals surface area contributed by atoms with Crippen LogP contribution < -0.4 is 5.32 Å². The number of methoxy groups -OCH3 is 1. The Kier molecular flexibility index (Phi) is 7.17. The second kappa shape index (κ2) is 9.57. The van der Waals surface area contributed by atoms with Crippen LogP contribution in [0.5, 0.6) is 0 Å². The summed E-state index contributed by atoms with van der Waals surface area (Å²) in [6.07, 6.45) is 3.03. The smallest absolute Gasteiger partial charge is 0.407 e. The first kappa shape index (κ1) is 20.2. The molecule has 0 aromatic heterocycles. The zero-order valence-electron chi connectivity index (χ0n) is 15.8. The van der Waals surface area contributed by atoms with Gasteiger partial charge in [-0.3, -0.25) is 4.79 Å². The highest BCUT2D eigenvalue weighted by Gasteiger charge is 2.37. The first-order valence-corrected chi connectivity index (χ1v) is 8.72. The predicted molar refractivity (Wildman–Crippen MR) is 105 cm³/mol. The zero-order valence-corrected chi connectivity index (χ0v) is 15.8. The topological polar surface area (TPSA) is 64.6 Å². The molecule has 1 N–H and O–H groups in total. The van der Waals surface area contributed by atoms with Crippen molar-refractivity contribution < 1.29 is 19.1 Å². The maximum Gasteiger partial charge on any atom is 0.407 e. The van der Waals surface area contributed by atoms with Crippen LogP contribution in [0.15, 0.2) is 66.7 Å². The van der Waals surface area contributed by atoms with E-state index in [2.05, 4.69) is 5.32 Å². The SMILES string of the molecule is COC(=O)C(C)(C)C(/C=C/c1ccccc1)NC(=O)OCc1ccccc1. The third-order valence-electron chi connectivity index (χ3n) is 4.26. The summed E-state index contributed by atoms with van der Waals surface area (Å²) in [5.74, 6) is -0.423. The molecule has 0 fully saturated rings. The van der Waals surface area contributed by atoms with Gasteiger partial charge in [-0.1, -0.05) is 72.8 Å². The van der Waals surface area contributed by atoms with Crippen molar-refractivity contribution in [1.82, 2.24) is 5.32 Å². The zero-order chi connectivity index (χ0) is 19.7. The number of nitrogens with one attached hydrogen (secondary N) is 1. The van der Waals surface area contributed by atoms with E-state index in [1.54, 1.807) is 19.9 Å². The van der Waals surface area contributed by atoms with Crippen molar-refractivity contribution in [3.05, 3.63) is 77.9 Å².